The molecular formula is C16H21N3O2. The number of benzene rings is 1. The Labute approximate surface area is 124 Å². The average Bonchev–Trinajstić information content (AvgIpc) is 2.73. The van der Waals surface area contributed by atoms with Crippen molar-refractivity contribution in [2.45, 2.75) is 32.4 Å². The van der Waals surface area contributed by atoms with Crippen LogP contribution in [0.25, 0.3) is 0 Å². The van der Waals surface area contributed by atoms with Gasteiger partial charge in [-0.15, -0.1) is 0 Å². The lowest BCUT2D eigenvalue weighted by Gasteiger charge is -2.36. The molecule has 2 saturated heterocycles. The van der Waals surface area contributed by atoms with E-state index in [4.69, 9.17) is 0 Å². The predicted octanol–water partition coefficient (Wildman–Crippen LogP) is 1.54. The van der Waals surface area contributed by atoms with Gasteiger partial charge >= 0.3 is 6.03 Å². The van der Waals surface area contributed by atoms with E-state index in [1.165, 1.54) is 0 Å². The third-order valence-electron chi connectivity index (χ3n) is 4.60. The number of hydrogen-bond donors (Lipinski definition) is 1. The molecule has 2 heterocycles. The van der Waals surface area contributed by atoms with Crippen LogP contribution < -0.4 is 5.32 Å². The van der Waals surface area contributed by atoms with Crippen LogP contribution in [0, 0.1) is 13.8 Å². The van der Waals surface area contributed by atoms with Crippen LogP contribution in [0.3, 0.4) is 0 Å². The van der Waals surface area contributed by atoms with Gasteiger partial charge in [-0.1, -0.05) is 17.7 Å². The van der Waals surface area contributed by atoms with Gasteiger partial charge in [0.25, 0.3) is 5.91 Å². The number of piperidine rings is 1. The molecule has 1 aromatic carbocycles. The zero-order chi connectivity index (χ0) is 15.1. The molecule has 3 rings (SSSR count). The second-order valence-corrected chi connectivity index (χ2v) is 6.09. The van der Waals surface area contributed by atoms with Gasteiger partial charge < -0.3 is 15.1 Å². The first-order valence-electron chi connectivity index (χ1n) is 7.37. The first kappa shape index (κ1) is 13.9. The second kappa shape index (κ2) is 5.06. The van der Waals surface area contributed by atoms with E-state index < -0.39 is 0 Å². The van der Waals surface area contributed by atoms with Crippen LogP contribution in [0.5, 0.6) is 0 Å². The van der Waals surface area contributed by atoms with Crippen LogP contribution in [0.2, 0.25) is 0 Å². The molecule has 21 heavy (non-hydrogen) atoms. The van der Waals surface area contributed by atoms with Crippen molar-refractivity contribution in [3.8, 4) is 0 Å². The first-order chi connectivity index (χ1) is 9.97. The van der Waals surface area contributed by atoms with E-state index in [0.29, 0.717) is 13.1 Å². The van der Waals surface area contributed by atoms with Gasteiger partial charge in [0.1, 0.15) is 0 Å². The normalized spacial score (nSPS) is 24.8. The summed E-state index contributed by atoms with van der Waals surface area (Å²) in [6.07, 6.45) is 0.830. The molecule has 0 saturated carbocycles. The summed E-state index contributed by atoms with van der Waals surface area (Å²) in [5, 5.41) is 2.96. The van der Waals surface area contributed by atoms with Crippen molar-refractivity contribution in [1.29, 1.82) is 0 Å². The standard InChI is InChI=1S/C16H21N3O2/c1-10-4-5-12(11(2)8-10)15(20)19-7-6-14-13(9-19)17-16(21)18(14)3/h4-5,8,13-14H,6-7,9H2,1-3H3,(H,17,21)/t13-,14+/m1/s1. The molecule has 0 bridgehead atoms. The predicted molar refractivity (Wildman–Crippen MR) is 80.3 cm³/mol. The van der Waals surface area contributed by atoms with Gasteiger partial charge in [0.2, 0.25) is 0 Å². The van der Waals surface area contributed by atoms with Gasteiger partial charge in [-0.2, -0.15) is 0 Å². The lowest BCUT2D eigenvalue weighted by Crippen LogP contribution is -2.52. The monoisotopic (exact) mass is 287 g/mol. The highest BCUT2D eigenvalue weighted by atomic mass is 16.2. The average molecular weight is 287 g/mol. The lowest BCUT2D eigenvalue weighted by atomic mass is 9.98. The minimum atomic E-state index is -0.0363. The quantitative estimate of drug-likeness (QED) is 0.852. The summed E-state index contributed by atoms with van der Waals surface area (Å²) in [6, 6.07) is 6.12. The maximum absolute atomic E-state index is 12.7. The molecule has 0 unspecified atom stereocenters. The van der Waals surface area contributed by atoms with E-state index >= 15 is 0 Å². The molecule has 0 radical (unpaired) electrons. The fourth-order valence-electron chi connectivity index (χ4n) is 3.36. The van der Waals surface area contributed by atoms with Gasteiger partial charge in [-0.3, -0.25) is 4.79 Å². The summed E-state index contributed by atoms with van der Waals surface area (Å²) in [4.78, 5) is 28.0. The topological polar surface area (TPSA) is 52.7 Å². The number of likely N-dealkylation sites (tertiary alicyclic amines) is 1. The molecule has 2 fully saturated rings. The van der Waals surface area contributed by atoms with Crippen LogP contribution in [-0.4, -0.2) is 54.0 Å². The minimum Gasteiger partial charge on any atom is -0.336 e. The fourth-order valence-corrected chi connectivity index (χ4v) is 3.36. The summed E-state index contributed by atoms with van der Waals surface area (Å²) in [5.74, 6) is 0.0646. The van der Waals surface area contributed by atoms with Crippen molar-refractivity contribution in [3.63, 3.8) is 0 Å². The fraction of sp³-hybridized carbons (Fsp3) is 0.500. The molecule has 5 heteroatoms. The molecule has 2 aliphatic heterocycles. The van der Waals surface area contributed by atoms with Crippen LogP contribution in [0.15, 0.2) is 18.2 Å². The summed E-state index contributed by atoms with van der Waals surface area (Å²) in [7, 11) is 1.82. The highest BCUT2D eigenvalue weighted by molar-refractivity contribution is 5.96. The largest absolute Gasteiger partial charge is 0.336 e. The number of fused-ring (bicyclic) bond motifs is 1. The van der Waals surface area contributed by atoms with E-state index in [0.717, 1.165) is 23.1 Å². The molecule has 1 aromatic rings. The first-order valence-corrected chi connectivity index (χ1v) is 7.37. The van der Waals surface area contributed by atoms with E-state index in [1.807, 2.05) is 44.0 Å². The van der Waals surface area contributed by atoms with Crippen molar-refractivity contribution in [2.24, 2.45) is 0 Å². The summed E-state index contributed by atoms with van der Waals surface area (Å²) in [6.45, 7) is 5.29. The van der Waals surface area contributed by atoms with Gasteiger partial charge in [0.15, 0.2) is 0 Å². The highest BCUT2D eigenvalue weighted by Gasteiger charge is 2.41. The Balaban J connectivity index is 1.76. The Morgan fingerprint density at radius 1 is 1.33 bits per heavy atom. The number of rotatable bonds is 1. The number of carbonyl (C=O) groups is 2. The Morgan fingerprint density at radius 2 is 2.10 bits per heavy atom. The van der Waals surface area contributed by atoms with Gasteiger partial charge in [-0.25, -0.2) is 4.79 Å². The Hall–Kier alpha value is -2.04. The van der Waals surface area contributed by atoms with Crippen LogP contribution in [0.1, 0.15) is 27.9 Å². The molecule has 2 atom stereocenters. The highest BCUT2D eigenvalue weighted by Crippen LogP contribution is 2.23. The number of amides is 3. The zero-order valence-corrected chi connectivity index (χ0v) is 12.7. The maximum Gasteiger partial charge on any atom is 0.317 e. The number of nitrogens with zero attached hydrogens (tertiary/aromatic N) is 2. The lowest BCUT2D eigenvalue weighted by molar-refractivity contribution is 0.0665. The van der Waals surface area contributed by atoms with E-state index in [2.05, 4.69) is 5.32 Å². The Kier molecular flexibility index (Phi) is 3.35. The van der Waals surface area contributed by atoms with Crippen LogP contribution in [-0.2, 0) is 0 Å². The maximum atomic E-state index is 12.7. The van der Waals surface area contributed by atoms with E-state index in [-0.39, 0.29) is 24.0 Å². The molecule has 1 N–H and O–H groups in total. The zero-order valence-electron chi connectivity index (χ0n) is 12.7. The van der Waals surface area contributed by atoms with Gasteiger partial charge in [0.05, 0.1) is 12.1 Å². The third-order valence-corrected chi connectivity index (χ3v) is 4.60. The Morgan fingerprint density at radius 3 is 2.81 bits per heavy atom. The molecule has 0 aromatic heterocycles. The molecule has 0 spiro atoms. The summed E-state index contributed by atoms with van der Waals surface area (Å²) in [5.41, 5.74) is 2.93. The van der Waals surface area contributed by atoms with Crippen molar-refractivity contribution in [3.05, 3.63) is 34.9 Å². The number of nitrogens with one attached hydrogen (secondary N) is 1. The van der Waals surface area contributed by atoms with Gasteiger partial charge in [-0.05, 0) is 31.9 Å². The van der Waals surface area contributed by atoms with Crippen molar-refractivity contribution in [2.75, 3.05) is 20.1 Å². The number of carbonyl (C=O) groups excluding carboxylic acids is 2. The second-order valence-electron chi connectivity index (χ2n) is 6.09. The van der Waals surface area contributed by atoms with E-state index in [9.17, 15) is 9.59 Å². The molecule has 0 aliphatic carbocycles. The summed E-state index contributed by atoms with van der Waals surface area (Å²) >= 11 is 0. The van der Waals surface area contributed by atoms with Gasteiger partial charge in [0, 0.05) is 25.7 Å². The van der Waals surface area contributed by atoms with Crippen molar-refractivity contribution < 1.29 is 9.59 Å². The number of likely N-dealkylation sites (N-methyl/N-ethyl adjacent to an activating group) is 1. The summed E-state index contributed by atoms with van der Waals surface area (Å²) < 4.78 is 0. The van der Waals surface area contributed by atoms with Crippen LogP contribution >= 0.6 is 0 Å². The molecule has 5 nitrogen and oxygen atoms in total. The number of urea groups is 1. The van der Waals surface area contributed by atoms with Crippen molar-refractivity contribution >= 4 is 11.9 Å². The van der Waals surface area contributed by atoms with Crippen molar-refractivity contribution in [1.82, 2.24) is 15.1 Å². The molecular weight excluding hydrogens is 266 g/mol. The number of aryl methyl sites for hydroxylation is 2. The third kappa shape index (κ3) is 2.37. The molecule has 112 valence electrons. The van der Waals surface area contributed by atoms with E-state index in [1.54, 1.807) is 4.90 Å². The Bertz CT molecular complexity index is 599. The molecule has 3 amide bonds. The number of hydrogen-bond acceptors (Lipinski definition) is 2. The SMILES string of the molecule is Cc1ccc(C(=O)N2CC[C@H]3[C@@H](C2)NC(=O)N3C)c(C)c1. The molecule has 2 aliphatic rings. The minimum absolute atomic E-state index is 0.0363. The smallest absolute Gasteiger partial charge is 0.317 e. The van der Waals surface area contributed by atoms with Crippen LogP contribution in [0.4, 0.5) is 4.79 Å².